The monoisotopic (exact) mass is 294 g/mol. The molecule has 0 amide bonds. The highest BCUT2D eigenvalue weighted by Crippen LogP contribution is 2.41. The van der Waals surface area contributed by atoms with Crippen molar-refractivity contribution in [2.45, 2.75) is 36.9 Å². The highest BCUT2D eigenvalue weighted by Gasteiger charge is 2.53. The molecule has 0 rings (SSSR count). The summed E-state index contributed by atoms with van der Waals surface area (Å²) in [6.07, 6.45) is -0.596. The van der Waals surface area contributed by atoms with Crippen LogP contribution in [0.4, 0.5) is 17.6 Å². The van der Waals surface area contributed by atoms with Crippen LogP contribution in [0, 0.1) is 0 Å². The molecule has 0 aromatic rings. The molecule has 0 radical (unpaired) electrons. The molecular weight excluding hydrogens is 284 g/mol. The van der Waals surface area contributed by atoms with Crippen LogP contribution in [-0.2, 0) is 9.53 Å². The van der Waals surface area contributed by atoms with E-state index in [1.807, 2.05) is 0 Å². The Bertz CT molecular complexity index is 215. The second kappa shape index (κ2) is 5.67. The fourth-order valence-electron chi connectivity index (χ4n) is 0.711. The zero-order chi connectivity index (χ0) is 12.1. The fraction of sp³-hybridized carbons (Fsp3) is 0.875. The van der Waals surface area contributed by atoms with Crippen LogP contribution in [0.25, 0.3) is 0 Å². The van der Waals surface area contributed by atoms with E-state index in [1.54, 1.807) is 22.9 Å². The van der Waals surface area contributed by atoms with Gasteiger partial charge >= 0.3 is 16.7 Å². The molecule has 0 N–H and O–H groups in total. The molecule has 0 heterocycles. The maximum absolute atomic E-state index is 12.6. The molecule has 0 saturated heterocycles. The zero-order valence-electron chi connectivity index (χ0n) is 8.03. The van der Waals surface area contributed by atoms with Crippen molar-refractivity contribution in [1.82, 2.24) is 0 Å². The van der Waals surface area contributed by atoms with E-state index in [0.717, 1.165) is 0 Å². The lowest BCUT2D eigenvalue weighted by Crippen LogP contribution is -2.36. The van der Waals surface area contributed by atoms with Gasteiger partial charge in [0.15, 0.2) is 0 Å². The van der Waals surface area contributed by atoms with E-state index in [4.69, 9.17) is 0 Å². The van der Waals surface area contributed by atoms with Gasteiger partial charge in [0.1, 0.15) is 0 Å². The Balaban J connectivity index is 3.91. The van der Waals surface area contributed by atoms with Gasteiger partial charge in [-0.15, -0.1) is 0 Å². The Morgan fingerprint density at radius 2 is 1.87 bits per heavy atom. The molecule has 0 aliphatic heterocycles. The molecule has 0 atom stereocenters. The van der Waals surface area contributed by atoms with E-state index < -0.39 is 29.8 Å². The molecule has 2 nitrogen and oxygen atoms in total. The summed E-state index contributed by atoms with van der Waals surface area (Å²) < 4.78 is 53.9. The summed E-state index contributed by atoms with van der Waals surface area (Å²) in [6, 6.07) is 0. The fourth-order valence-corrected chi connectivity index (χ4v) is 0.909. The lowest BCUT2D eigenvalue weighted by molar-refractivity contribution is -0.165. The Labute approximate surface area is 93.1 Å². The van der Waals surface area contributed by atoms with E-state index in [1.165, 1.54) is 0 Å². The molecule has 0 aliphatic rings. The van der Waals surface area contributed by atoms with E-state index >= 15 is 0 Å². The first-order chi connectivity index (χ1) is 6.70. The third kappa shape index (κ3) is 5.34. The van der Waals surface area contributed by atoms with Crippen molar-refractivity contribution in [1.29, 1.82) is 0 Å². The van der Waals surface area contributed by atoms with Gasteiger partial charge in [0, 0.05) is 6.42 Å². The Morgan fingerprint density at radius 3 is 2.27 bits per heavy atom. The summed E-state index contributed by atoms with van der Waals surface area (Å²) >= 11 is 1.57. The molecule has 0 saturated carbocycles. The summed E-state index contributed by atoms with van der Waals surface area (Å²) in [5.41, 5.74) is 0. The van der Waals surface area contributed by atoms with Crippen molar-refractivity contribution in [3.8, 4) is 0 Å². The summed E-state index contributed by atoms with van der Waals surface area (Å²) in [5, 5.41) is 0. The lowest BCUT2D eigenvalue weighted by Gasteiger charge is -2.20. The minimum absolute atomic E-state index is 0.0935. The normalized spacial score (nSPS) is 12.7. The molecule has 0 spiro atoms. The first-order valence-corrected chi connectivity index (χ1v) is 5.10. The summed E-state index contributed by atoms with van der Waals surface area (Å²) in [6.45, 7) is 0.996. The second-order valence-electron chi connectivity index (χ2n) is 2.92. The maximum atomic E-state index is 12.6. The number of hydrogen-bond acceptors (Lipinski definition) is 2. The molecule has 0 unspecified atom stereocenters. The van der Waals surface area contributed by atoms with Gasteiger partial charge in [-0.2, -0.15) is 17.6 Å². The van der Waals surface area contributed by atoms with Gasteiger partial charge in [-0.05, 0) is 22.4 Å². The van der Waals surface area contributed by atoms with Gasteiger partial charge in [-0.1, -0.05) is 6.92 Å². The number of carbonyl (C=O) groups excluding carboxylic acids is 1. The number of alkyl halides is 5. The lowest BCUT2D eigenvalue weighted by atomic mass is 10.2. The third-order valence-corrected chi connectivity index (χ3v) is 2.13. The molecular formula is C8H11BrF4O2. The van der Waals surface area contributed by atoms with Crippen molar-refractivity contribution >= 4 is 21.9 Å². The molecule has 7 heteroatoms. The van der Waals surface area contributed by atoms with Gasteiger partial charge < -0.3 is 4.74 Å². The number of esters is 1. The summed E-state index contributed by atoms with van der Waals surface area (Å²) in [7, 11) is 0. The highest BCUT2D eigenvalue weighted by molar-refractivity contribution is 9.10. The van der Waals surface area contributed by atoms with Gasteiger partial charge in [-0.25, -0.2) is 0 Å². The quantitative estimate of drug-likeness (QED) is 0.427. The summed E-state index contributed by atoms with van der Waals surface area (Å²) in [4.78, 5) is 6.43. The smallest absolute Gasteiger partial charge is 0.363 e. The zero-order valence-corrected chi connectivity index (χ0v) is 9.62. The number of ether oxygens (including phenoxy) is 1. The van der Waals surface area contributed by atoms with Crippen molar-refractivity contribution in [3.05, 3.63) is 0 Å². The van der Waals surface area contributed by atoms with Crippen molar-refractivity contribution in [2.24, 2.45) is 0 Å². The van der Waals surface area contributed by atoms with Crippen molar-refractivity contribution < 1.29 is 27.1 Å². The van der Waals surface area contributed by atoms with Gasteiger partial charge in [-0.3, -0.25) is 4.79 Å². The van der Waals surface area contributed by atoms with Crippen LogP contribution in [0.1, 0.15) is 26.2 Å². The topological polar surface area (TPSA) is 26.3 Å². The first-order valence-electron chi connectivity index (χ1n) is 4.31. The average Bonchev–Trinajstić information content (AvgIpc) is 2.01. The SMILES string of the molecule is CCCC(=O)OCCC(F)(F)C(F)(F)Br. The molecule has 0 aromatic heterocycles. The second-order valence-corrected chi connectivity index (χ2v) is 3.92. The first kappa shape index (κ1) is 14.7. The van der Waals surface area contributed by atoms with Gasteiger partial charge in [0.05, 0.1) is 13.0 Å². The van der Waals surface area contributed by atoms with Crippen LogP contribution in [0.15, 0.2) is 0 Å². The van der Waals surface area contributed by atoms with Gasteiger partial charge in [0.2, 0.25) is 0 Å². The standard InChI is InChI=1S/C8H11BrF4O2/c1-2-3-6(14)15-5-4-7(10,11)8(9,12)13/h2-5H2,1H3. The molecule has 0 fully saturated rings. The van der Waals surface area contributed by atoms with E-state index in [-0.39, 0.29) is 6.42 Å². The van der Waals surface area contributed by atoms with Gasteiger partial charge in [0.25, 0.3) is 0 Å². The minimum Gasteiger partial charge on any atom is -0.465 e. The maximum Gasteiger partial charge on any atom is 0.363 e. The van der Waals surface area contributed by atoms with Crippen LogP contribution in [0.2, 0.25) is 0 Å². The van der Waals surface area contributed by atoms with E-state index in [9.17, 15) is 22.4 Å². The molecule has 90 valence electrons. The van der Waals surface area contributed by atoms with Crippen LogP contribution in [0.3, 0.4) is 0 Å². The number of carbonyl (C=O) groups is 1. The molecule has 15 heavy (non-hydrogen) atoms. The Hall–Kier alpha value is -0.330. The van der Waals surface area contributed by atoms with E-state index in [2.05, 4.69) is 4.74 Å². The van der Waals surface area contributed by atoms with Crippen LogP contribution >= 0.6 is 15.9 Å². The molecule has 0 aromatic carbocycles. The molecule has 0 aliphatic carbocycles. The minimum atomic E-state index is -4.28. The van der Waals surface area contributed by atoms with E-state index in [0.29, 0.717) is 6.42 Å². The third-order valence-electron chi connectivity index (χ3n) is 1.55. The van der Waals surface area contributed by atoms with Crippen molar-refractivity contribution in [3.63, 3.8) is 0 Å². The largest absolute Gasteiger partial charge is 0.465 e. The van der Waals surface area contributed by atoms with Crippen LogP contribution in [-0.4, -0.2) is 23.3 Å². The number of hydrogen-bond donors (Lipinski definition) is 0. The highest BCUT2D eigenvalue weighted by atomic mass is 79.9. The Morgan fingerprint density at radius 1 is 1.33 bits per heavy atom. The molecule has 0 bridgehead atoms. The number of rotatable bonds is 6. The predicted molar refractivity (Wildman–Crippen MR) is 49.3 cm³/mol. The van der Waals surface area contributed by atoms with Crippen LogP contribution < -0.4 is 0 Å². The Kier molecular flexibility index (Phi) is 5.55. The van der Waals surface area contributed by atoms with Crippen molar-refractivity contribution in [2.75, 3.05) is 6.61 Å². The number of halogens is 5. The van der Waals surface area contributed by atoms with Crippen LogP contribution in [0.5, 0.6) is 0 Å². The average molecular weight is 295 g/mol. The predicted octanol–water partition coefficient (Wildman–Crippen LogP) is 3.34. The summed E-state index contributed by atoms with van der Waals surface area (Å²) in [5.74, 6) is -4.88.